The molecule has 0 fully saturated rings. The van der Waals surface area contributed by atoms with E-state index in [0.29, 0.717) is 35.0 Å². The minimum Gasteiger partial charge on any atom is -0.507 e. The molecule has 0 aliphatic rings. The maximum atomic E-state index is 12.4. The van der Waals surface area contributed by atoms with E-state index in [1.54, 1.807) is 36.4 Å². The monoisotopic (exact) mass is 368 g/mol. The van der Waals surface area contributed by atoms with Crippen LogP contribution < -0.4 is 14.2 Å². The number of carbonyl (C=O) groups excluding carboxylic acids is 1. The van der Waals surface area contributed by atoms with Gasteiger partial charge in [0, 0.05) is 23.6 Å². The highest BCUT2D eigenvalue weighted by atomic mass is 16.5. The maximum absolute atomic E-state index is 12.4. The van der Waals surface area contributed by atoms with Crippen molar-refractivity contribution < 1.29 is 24.1 Å². The Hall–Kier alpha value is -3.21. The Labute approximate surface area is 159 Å². The van der Waals surface area contributed by atoms with E-state index in [4.69, 9.17) is 14.2 Å². The molecule has 0 aromatic heterocycles. The maximum Gasteiger partial charge on any atom is 0.185 e. The average molecular weight is 368 g/mol. The normalized spacial score (nSPS) is 10.6. The van der Waals surface area contributed by atoms with Crippen molar-refractivity contribution in [3.63, 3.8) is 0 Å². The first-order chi connectivity index (χ1) is 12.9. The van der Waals surface area contributed by atoms with E-state index in [2.05, 4.69) is 6.58 Å². The van der Waals surface area contributed by atoms with Gasteiger partial charge < -0.3 is 19.3 Å². The van der Waals surface area contributed by atoms with E-state index in [-0.39, 0.29) is 11.5 Å². The van der Waals surface area contributed by atoms with Crippen LogP contribution in [0.1, 0.15) is 29.3 Å². The summed E-state index contributed by atoms with van der Waals surface area (Å²) in [5, 5.41) is 10.1. The lowest BCUT2D eigenvalue weighted by molar-refractivity contribution is 0.104. The van der Waals surface area contributed by atoms with Crippen molar-refractivity contribution in [2.45, 2.75) is 13.3 Å². The summed E-state index contributed by atoms with van der Waals surface area (Å²) in [5.74, 6) is 1.43. The van der Waals surface area contributed by atoms with Gasteiger partial charge in [-0.2, -0.15) is 0 Å². The predicted octanol–water partition coefficient (Wildman–Crippen LogP) is 4.65. The number of hydrogen-bond acceptors (Lipinski definition) is 5. The summed E-state index contributed by atoms with van der Waals surface area (Å²) in [6.45, 7) is 6.26. The smallest absolute Gasteiger partial charge is 0.185 e. The molecule has 0 heterocycles. The molecule has 142 valence electrons. The van der Waals surface area contributed by atoms with Gasteiger partial charge in [0.25, 0.3) is 0 Å². The second-order valence-electron chi connectivity index (χ2n) is 6.04. The van der Waals surface area contributed by atoms with Crippen molar-refractivity contribution >= 4 is 11.9 Å². The van der Waals surface area contributed by atoms with Gasteiger partial charge in [0.1, 0.15) is 11.5 Å². The van der Waals surface area contributed by atoms with E-state index >= 15 is 0 Å². The molecule has 5 heteroatoms. The van der Waals surface area contributed by atoms with Crippen LogP contribution in [0.5, 0.6) is 23.0 Å². The summed E-state index contributed by atoms with van der Waals surface area (Å²) in [6, 6.07) is 9.92. The lowest BCUT2D eigenvalue weighted by Gasteiger charge is -2.08. The van der Waals surface area contributed by atoms with Gasteiger partial charge >= 0.3 is 0 Å². The minimum absolute atomic E-state index is 0.0409. The molecule has 5 nitrogen and oxygen atoms in total. The lowest BCUT2D eigenvalue weighted by Crippen LogP contribution is -1.98. The van der Waals surface area contributed by atoms with E-state index in [9.17, 15) is 9.90 Å². The van der Waals surface area contributed by atoms with Crippen molar-refractivity contribution in [2.75, 3.05) is 20.8 Å². The largest absolute Gasteiger partial charge is 0.507 e. The fraction of sp³-hybridized carbons (Fsp3) is 0.227. The van der Waals surface area contributed by atoms with Crippen molar-refractivity contribution in [1.82, 2.24) is 0 Å². The number of ketones is 1. The van der Waals surface area contributed by atoms with E-state index in [1.807, 2.05) is 6.92 Å². The molecule has 0 atom stereocenters. The van der Waals surface area contributed by atoms with Crippen LogP contribution in [0.3, 0.4) is 0 Å². The molecule has 0 amide bonds. The predicted molar refractivity (Wildman–Crippen MR) is 106 cm³/mol. The number of rotatable bonds is 9. The van der Waals surface area contributed by atoms with Crippen LogP contribution in [0.2, 0.25) is 0 Å². The van der Waals surface area contributed by atoms with Crippen LogP contribution in [0.4, 0.5) is 0 Å². The van der Waals surface area contributed by atoms with Gasteiger partial charge in [-0.25, -0.2) is 0 Å². The van der Waals surface area contributed by atoms with Crippen molar-refractivity contribution in [3.05, 3.63) is 65.8 Å². The lowest BCUT2D eigenvalue weighted by atomic mass is 10.1. The average Bonchev–Trinajstić information content (AvgIpc) is 2.66. The molecule has 0 saturated carbocycles. The molecule has 0 aliphatic carbocycles. The number of phenolic OH excluding ortho intramolecular Hbond substituents is 1. The second kappa shape index (κ2) is 9.48. The van der Waals surface area contributed by atoms with Crippen molar-refractivity contribution in [2.24, 2.45) is 0 Å². The molecule has 2 aromatic rings. The van der Waals surface area contributed by atoms with Crippen LogP contribution in [0, 0.1) is 0 Å². The van der Waals surface area contributed by atoms with Gasteiger partial charge in [-0.1, -0.05) is 5.57 Å². The van der Waals surface area contributed by atoms with E-state index < -0.39 is 0 Å². The number of aromatic hydroxyl groups is 1. The summed E-state index contributed by atoms with van der Waals surface area (Å²) in [6.07, 6.45) is 3.71. The van der Waals surface area contributed by atoms with Gasteiger partial charge in [-0.05, 0) is 49.4 Å². The summed E-state index contributed by atoms with van der Waals surface area (Å²) in [7, 11) is 3.05. The topological polar surface area (TPSA) is 65.0 Å². The van der Waals surface area contributed by atoms with Gasteiger partial charge in [0.15, 0.2) is 17.3 Å². The zero-order valence-corrected chi connectivity index (χ0v) is 15.8. The zero-order chi connectivity index (χ0) is 19.8. The SMILES string of the molecule is C=C(C)CCOc1ccc(/C=C/C(=O)c2ccc(OC)c(OC)c2)c(O)c1. The number of methoxy groups -OCH3 is 2. The first-order valence-corrected chi connectivity index (χ1v) is 8.49. The quantitative estimate of drug-likeness (QED) is 0.396. The third-order valence-corrected chi connectivity index (χ3v) is 3.88. The Morgan fingerprint density at radius 3 is 2.48 bits per heavy atom. The Morgan fingerprint density at radius 2 is 1.85 bits per heavy atom. The minimum atomic E-state index is -0.211. The summed E-state index contributed by atoms with van der Waals surface area (Å²) < 4.78 is 15.9. The molecule has 0 radical (unpaired) electrons. The molecule has 0 saturated heterocycles. The summed E-state index contributed by atoms with van der Waals surface area (Å²) in [4.78, 5) is 12.4. The van der Waals surface area contributed by atoms with Gasteiger partial charge in [-0.3, -0.25) is 4.79 Å². The Balaban J connectivity index is 2.08. The third kappa shape index (κ3) is 5.64. The molecule has 1 N–H and O–H groups in total. The molecular formula is C22H24O5. The van der Waals surface area contributed by atoms with E-state index in [0.717, 1.165) is 12.0 Å². The Bertz CT molecular complexity index is 852. The highest BCUT2D eigenvalue weighted by molar-refractivity contribution is 6.07. The van der Waals surface area contributed by atoms with Crippen LogP contribution in [0.25, 0.3) is 6.08 Å². The Kier molecular flexibility index (Phi) is 7.06. The molecule has 0 aliphatic heterocycles. The molecule has 0 unspecified atom stereocenters. The number of hydrogen-bond donors (Lipinski definition) is 1. The molecule has 2 aromatic carbocycles. The number of benzene rings is 2. The van der Waals surface area contributed by atoms with Crippen LogP contribution in [-0.2, 0) is 0 Å². The second-order valence-corrected chi connectivity index (χ2v) is 6.04. The van der Waals surface area contributed by atoms with E-state index in [1.165, 1.54) is 26.4 Å². The van der Waals surface area contributed by atoms with Gasteiger partial charge in [0.05, 0.1) is 20.8 Å². The van der Waals surface area contributed by atoms with Crippen molar-refractivity contribution in [1.29, 1.82) is 0 Å². The molecule has 27 heavy (non-hydrogen) atoms. The fourth-order valence-electron chi connectivity index (χ4n) is 2.35. The Morgan fingerprint density at radius 1 is 1.11 bits per heavy atom. The molecule has 2 rings (SSSR count). The summed E-state index contributed by atoms with van der Waals surface area (Å²) in [5.41, 5.74) is 2.02. The summed E-state index contributed by atoms with van der Waals surface area (Å²) >= 11 is 0. The zero-order valence-electron chi connectivity index (χ0n) is 15.8. The number of carbonyl (C=O) groups is 1. The highest BCUT2D eigenvalue weighted by Gasteiger charge is 2.09. The van der Waals surface area contributed by atoms with Gasteiger partial charge in [0.2, 0.25) is 0 Å². The molecule has 0 bridgehead atoms. The van der Waals surface area contributed by atoms with Crippen LogP contribution in [-0.4, -0.2) is 31.7 Å². The first-order valence-electron chi connectivity index (χ1n) is 8.49. The number of ether oxygens (including phenoxy) is 3. The molecule has 0 spiro atoms. The first kappa shape index (κ1) is 20.1. The highest BCUT2D eigenvalue weighted by Crippen LogP contribution is 2.28. The number of allylic oxidation sites excluding steroid dienone is 1. The van der Waals surface area contributed by atoms with Crippen LogP contribution >= 0.6 is 0 Å². The number of phenols is 1. The van der Waals surface area contributed by atoms with Gasteiger partial charge in [-0.15, -0.1) is 6.58 Å². The fourth-order valence-corrected chi connectivity index (χ4v) is 2.35. The van der Waals surface area contributed by atoms with Crippen LogP contribution in [0.15, 0.2) is 54.6 Å². The molecular weight excluding hydrogens is 344 g/mol. The third-order valence-electron chi connectivity index (χ3n) is 3.88. The standard InChI is InChI=1S/C22H24O5/c1-15(2)11-12-27-18-8-5-16(20(24)14-18)6-9-19(23)17-7-10-21(25-3)22(13-17)26-4/h5-10,13-14,24H,1,11-12H2,2-4H3/b9-6+. The van der Waals surface area contributed by atoms with Crippen molar-refractivity contribution in [3.8, 4) is 23.0 Å².